The molecule has 0 saturated heterocycles. The van der Waals surface area contributed by atoms with Crippen LogP contribution in [-0.4, -0.2) is 25.9 Å². The Labute approximate surface area is 110 Å². The van der Waals surface area contributed by atoms with E-state index in [9.17, 15) is 8.78 Å². The van der Waals surface area contributed by atoms with E-state index in [-0.39, 0.29) is 11.5 Å². The zero-order valence-electron chi connectivity index (χ0n) is 11.4. The molecule has 1 unspecified atom stereocenters. The zero-order chi connectivity index (χ0) is 14.2. The summed E-state index contributed by atoms with van der Waals surface area (Å²) in [6.07, 6.45) is -2.70. The number of anilines is 1. The second-order valence-corrected chi connectivity index (χ2v) is 5.58. The van der Waals surface area contributed by atoms with Crippen LogP contribution < -0.4 is 5.32 Å². The molecule has 2 rings (SSSR count). The minimum absolute atomic E-state index is 0.0371. The second kappa shape index (κ2) is 4.71. The quantitative estimate of drug-likeness (QED) is 0.930. The molecule has 2 aromatic heterocycles. The molecule has 1 N–H and O–H groups in total. The SMILES string of the molecule is CC(Nc1ccc2nnc(C(F)F)n2n1)C(C)(C)C. The van der Waals surface area contributed by atoms with E-state index in [1.165, 1.54) is 0 Å². The van der Waals surface area contributed by atoms with Gasteiger partial charge in [0.25, 0.3) is 6.43 Å². The highest BCUT2D eigenvalue weighted by Gasteiger charge is 2.21. The Hall–Kier alpha value is -1.79. The van der Waals surface area contributed by atoms with Gasteiger partial charge >= 0.3 is 0 Å². The maximum Gasteiger partial charge on any atom is 0.299 e. The van der Waals surface area contributed by atoms with Crippen LogP contribution in [0.2, 0.25) is 0 Å². The molecule has 2 heterocycles. The van der Waals surface area contributed by atoms with E-state index in [1.807, 2.05) is 6.92 Å². The van der Waals surface area contributed by atoms with Gasteiger partial charge in [-0.25, -0.2) is 8.78 Å². The van der Waals surface area contributed by atoms with Crippen LogP contribution in [0.1, 0.15) is 39.9 Å². The number of hydrogen-bond donors (Lipinski definition) is 1. The van der Waals surface area contributed by atoms with Crippen LogP contribution in [0, 0.1) is 5.41 Å². The summed E-state index contributed by atoms with van der Waals surface area (Å²) in [5, 5.41) is 14.4. The Morgan fingerprint density at radius 2 is 1.89 bits per heavy atom. The molecule has 19 heavy (non-hydrogen) atoms. The highest BCUT2D eigenvalue weighted by Crippen LogP contribution is 2.22. The summed E-state index contributed by atoms with van der Waals surface area (Å²) in [5.41, 5.74) is 0.347. The van der Waals surface area contributed by atoms with Gasteiger partial charge in [0, 0.05) is 6.04 Å². The standard InChI is InChI=1S/C12H17F2N5/c1-7(12(2,3)4)15-8-5-6-9-16-17-11(10(13)14)19(9)18-8/h5-7,10H,1-4H3,(H,15,18). The van der Waals surface area contributed by atoms with Gasteiger partial charge in [0.1, 0.15) is 5.82 Å². The van der Waals surface area contributed by atoms with Crippen molar-refractivity contribution in [2.24, 2.45) is 5.41 Å². The van der Waals surface area contributed by atoms with Crippen molar-refractivity contribution >= 4 is 11.5 Å². The van der Waals surface area contributed by atoms with Crippen LogP contribution in [0.4, 0.5) is 14.6 Å². The van der Waals surface area contributed by atoms with Gasteiger partial charge in [-0.15, -0.1) is 15.3 Å². The molecule has 0 fully saturated rings. The van der Waals surface area contributed by atoms with Gasteiger partial charge in [0.15, 0.2) is 5.65 Å². The molecule has 7 heteroatoms. The molecule has 0 aliphatic heterocycles. The molecule has 0 aromatic carbocycles. The Kier molecular flexibility index (Phi) is 3.38. The second-order valence-electron chi connectivity index (χ2n) is 5.58. The van der Waals surface area contributed by atoms with Gasteiger partial charge in [0.2, 0.25) is 5.82 Å². The summed E-state index contributed by atoms with van der Waals surface area (Å²) in [6, 6.07) is 3.47. The number of nitrogens with zero attached hydrogens (tertiary/aromatic N) is 4. The van der Waals surface area contributed by atoms with Crippen molar-refractivity contribution in [1.29, 1.82) is 0 Å². The summed E-state index contributed by atoms with van der Waals surface area (Å²) >= 11 is 0. The third-order valence-corrected chi connectivity index (χ3v) is 3.15. The van der Waals surface area contributed by atoms with Crippen LogP contribution in [0.3, 0.4) is 0 Å². The molecule has 0 amide bonds. The summed E-state index contributed by atoms with van der Waals surface area (Å²) in [6.45, 7) is 8.29. The number of hydrogen-bond acceptors (Lipinski definition) is 4. The molecule has 0 bridgehead atoms. The van der Waals surface area contributed by atoms with E-state index in [4.69, 9.17) is 0 Å². The molecule has 5 nitrogen and oxygen atoms in total. The largest absolute Gasteiger partial charge is 0.366 e. The maximum absolute atomic E-state index is 12.7. The Bertz CT molecular complexity index is 573. The monoisotopic (exact) mass is 269 g/mol. The van der Waals surface area contributed by atoms with Crippen molar-refractivity contribution in [3.05, 3.63) is 18.0 Å². The van der Waals surface area contributed by atoms with Crippen LogP contribution in [-0.2, 0) is 0 Å². The van der Waals surface area contributed by atoms with Crippen molar-refractivity contribution < 1.29 is 8.78 Å². The van der Waals surface area contributed by atoms with Crippen molar-refractivity contribution in [2.75, 3.05) is 5.32 Å². The molecule has 0 aliphatic carbocycles. The first-order chi connectivity index (χ1) is 8.79. The van der Waals surface area contributed by atoms with Gasteiger partial charge in [0.05, 0.1) is 0 Å². The number of aromatic nitrogens is 4. The van der Waals surface area contributed by atoms with E-state index < -0.39 is 12.2 Å². The molecule has 1 atom stereocenters. The minimum Gasteiger partial charge on any atom is -0.366 e. The summed E-state index contributed by atoms with van der Waals surface area (Å²) in [5.74, 6) is 0.0821. The highest BCUT2D eigenvalue weighted by atomic mass is 19.3. The Morgan fingerprint density at radius 3 is 2.47 bits per heavy atom. The van der Waals surface area contributed by atoms with Crippen LogP contribution in [0.5, 0.6) is 0 Å². The van der Waals surface area contributed by atoms with Crippen molar-refractivity contribution in [3.8, 4) is 0 Å². The fourth-order valence-electron chi connectivity index (χ4n) is 1.46. The van der Waals surface area contributed by atoms with Crippen LogP contribution in [0.25, 0.3) is 5.65 Å². The predicted octanol–water partition coefficient (Wildman–Crippen LogP) is 2.91. The van der Waals surface area contributed by atoms with Crippen LogP contribution >= 0.6 is 0 Å². The maximum atomic E-state index is 12.7. The molecule has 104 valence electrons. The summed E-state index contributed by atoms with van der Waals surface area (Å²) < 4.78 is 26.5. The van der Waals surface area contributed by atoms with Crippen molar-refractivity contribution in [1.82, 2.24) is 19.8 Å². The van der Waals surface area contributed by atoms with E-state index in [2.05, 4.69) is 41.4 Å². The summed E-state index contributed by atoms with van der Waals surface area (Å²) in [7, 11) is 0. The van der Waals surface area contributed by atoms with Gasteiger partial charge in [-0.3, -0.25) is 0 Å². The lowest BCUT2D eigenvalue weighted by atomic mass is 9.88. The van der Waals surface area contributed by atoms with Gasteiger partial charge in [-0.1, -0.05) is 20.8 Å². The first kappa shape index (κ1) is 13.6. The lowest BCUT2D eigenvalue weighted by Gasteiger charge is -2.28. The third-order valence-electron chi connectivity index (χ3n) is 3.15. The molecular weight excluding hydrogens is 252 g/mol. The number of halogens is 2. The van der Waals surface area contributed by atoms with Crippen molar-refractivity contribution in [2.45, 2.75) is 40.2 Å². The van der Waals surface area contributed by atoms with Crippen molar-refractivity contribution in [3.63, 3.8) is 0 Å². The predicted molar refractivity (Wildman–Crippen MR) is 68.3 cm³/mol. The molecule has 0 saturated carbocycles. The fraction of sp³-hybridized carbons (Fsp3) is 0.583. The average molecular weight is 269 g/mol. The molecule has 0 spiro atoms. The fourth-order valence-corrected chi connectivity index (χ4v) is 1.46. The smallest absolute Gasteiger partial charge is 0.299 e. The molecule has 2 aromatic rings. The minimum atomic E-state index is -2.70. The number of nitrogens with one attached hydrogen (secondary N) is 1. The lowest BCUT2D eigenvalue weighted by molar-refractivity contribution is 0.137. The van der Waals surface area contributed by atoms with Crippen LogP contribution in [0.15, 0.2) is 12.1 Å². The molecular formula is C12H17F2N5. The summed E-state index contributed by atoms with van der Waals surface area (Å²) in [4.78, 5) is 0. The first-order valence-electron chi connectivity index (χ1n) is 6.06. The van der Waals surface area contributed by atoms with Gasteiger partial charge in [-0.05, 0) is 24.5 Å². The van der Waals surface area contributed by atoms with Gasteiger partial charge < -0.3 is 5.32 Å². The molecule has 0 aliphatic rings. The Balaban J connectivity index is 2.33. The highest BCUT2D eigenvalue weighted by molar-refractivity contribution is 5.44. The van der Waals surface area contributed by atoms with E-state index in [0.29, 0.717) is 11.5 Å². The zero-order valence-corrected chi connectivity index (χ0v) is 11.4. The van der Waals surface area contributed by atoms with E-state index in [0.717, 1.165) is 4.52 Å². The third kappa shape index (κ3) is 2.80. The van der Waals surface area contributed by atoms with E-state index >= 15 is 0 Å². The lowest BCUT2D eigenvalue weighted by Crippen LogP contribution is -2.31. The first-order valence-corrected chi connectivity index (χ1v) is 6.06. The Morgan fingerprint density at radius 1 is 1.21 bits per heavy atom. The average Bonchev–Trinajstić information content (AvgIpc) is 2.70. The van der Waals surface area contributed by atoms with E-state index in [1.54, 1.807) is 12.1 Å². The normalized spacial score (nSPS) is 14.1. The topological polar surface area (TPSA) is 55.1 Å². The van der Waals surface area contributed by atoms with Gasteiger partial charge in [-0.2, -0.15) is 4.52 Å². The molecule has 0 radical (unpaired) electrons. The number of fused-ring (bicyclic) bond motifs is 1. The number of rotatable bonds is 3. The number of alkyl halides is 2.